The molecule has 2 unspecified atom stereocenters. The fourth-order valence-corrected chi connectivity index (χ4v) is 3.44. The normalized spacial score (nSPS) is 26.2. The van der Waals surface area contributed by atoms with Gasteiger partial charge in [0.1, 0.15) is 5.75 Å². The van der Waals surface area contributed by atoms with Crippen LogP contribution in [0, 0.1) is 0 Å². The first-order valence-electron chi connectivity index (χ1n) is 7.63. The van der Waals surface area contributed by atoms with Crippen molar-refractivity contribution in [3.05, 3.63) is 29.8 Å². The second kappa shape index (κ2) is 5.93. The average molecular weight is 289 g/mol. The molecule has 2 N–H and O–H groups in total. The number of nitrogens with zero attached hydrogens (tertiary/aromatic N) is 2. The quantitative estimate of drug-likeness (QED) is 0.905. The minimum Gasteiger partial charge on any atom is -0.497 e. The van der Waals surface area contributed by atoms with Crippen molar-refractivity contribution >= 4 is 6.03 Å². The smallest absolute Gasteiger partial charge is 0.314 e. The Kier molecular flexibility index (Phi) is 4.01. The number of primary amides is 1. The van der Waals surface area contributed by atoms with E-state index >= 15 is 0 Å². The molecule has 0 bridgehead atoms. The zero-order chi connectivity index (χ0) is 14.8. The number of ether oxygens (including phenoxy) is 1. The van der Waals surface area contributed by atoms with Crippen LogP contribution in [0.3, 0.4) is 0 Å². The van der Waals surface area contributed by atoms with Crippen LogP contribution in [0.5, 0.6) is 5.75 Å². The predicted molar refractivity (Wildman–Crippen MR) is 81.2 cm³/mol. The van der Waals surface area contributed by atoms with Gasteiger partial charge in [0.15, 0.2) is 0 Å². The Balaban J connectivity index is 1.75. The standard InChI is InChI=1S/C16H23N3O2/c1-21-14-6-4-12(5-7-14)15-3-2-9-18(16(17)20)11-13-8-10-19(13)15/h4-7,13,15H,2-3,8-11H2,1H3,(H2,17,20). The van der Waals surface area contributed by atoms with Crippen LogP contribution in [0.25, 0.3) is 0 Å². The number of nitrogens with two attached hydrogens (primary N) is 1. The van der Waals surface area contributed by atoms with E-state index in [9.17, 15) is 4.79 Å². The summed E-state index contributed by atoms with van der Waals surface area (Å²) >= 11 is 0. The Morgan fingerprint density at radius 1 is 1.24 bits per heavy atom. The number of rotatable bonds is 2. The van der Waals surface area contributed by atoms with Crippen LogP contribution in [-0.2, 0) is 0 Å². The van der Waals surface area contributed by atoms with Gasteiger partial charge in [-0.05, 0) is 37.0 Å². The van der Waals surface area contributed by atoms with Crippen molar-refractivity contribution in [3.8, 4) is 5.75 Å². The molecule has 0 radical (unpaired) electrons. The molecular formula is C16H23N3O2. The van der Waals surface area contributed by atoms with Gasteiger partial charge in [-0.25, -0.2) is 4.79 Å². The highest BCUT2D eigenvalue weighted by Gasteiger charge is 2.37. The summed E-state index contributed by atoms with van der Waals surface area (Å²) in [4.78, 5) is 15.7. The maximum absolute atomic E-state index is 11.4. The molecular weight excluding hydrogens is 266 g/mol. The van der Waals surface area contributed by atoms with Crippen LogP contribution in [0.15, 0.2) is 24.3 Å². The van der Waals surface area contributed by atoms with E-state index in [1.54, 1.807) is 12.0 Å². The number of amides is 2. The van der Waals surface area contributed by atoms with E-state index < -0.39 is 0 Å². The first-order chi connectivity index (χ1) is 10.2. The third kappa shape index (κ3) is 2.83. The van der Waals surface area contributed by atoms with Crippen molar-refractivity contribution in [1.82, 2.24) is 9.80 Å². The third-order valence-corrected chi connectivity index (χ3v) is 4.74. The number of urea groups is 1. The molecule has 1 aromatic rings. The minimum atomic E-state index is -0.287. The number of benzene rings is 1. The van der Waals surface area contributed by atoms with Gasteiger partial charge in [-0.3, -0.25) is 4.90 Å². The number of carbonyl (C=O) groups excluding carboxylic acids is 1. The lowest BCUT2D eigenvalue weighted by Gasteiger charge is -2.49. The van der Waals surface area contributed by atoms with Gasteiger partial charge < -0.3 is 15.4 Å². The lowest BCUT2D eigenvalue weighted by Crippen LogP contribution is -2.57. The van der Waals surface area contributed by atoms with Crippen LogP contribution in [0.2, 0.25) is 0 Å². The van der Waals surface area contributed by atoms with Gasteiger partial charge >= 0.3 is 6.03 Å². The Morgan fingerprint density at radius 3 is 2.57 bits per heavy atom. The Labute approximate surface area is 125 Å². The van der Waals surface area contributed by atoms with Crippen LogP contribution >= 0.6 is 0 Å². The monoisotopic (exact) mass is 289 g/mol. The number of hydrogen-bond acceptors (Lipinski definition) is 3. The van der Waals surface area contributed by atoms with Crippen LogP contribution < -0.4 is 10.5 Å². The molecule has 5 heteroatoms. The highest BCUT2D eigenvalue weighted by Crippen LogP contribution is 2.36. The van der Waals surface area contributed by atoms with Crippen molar-refractivity contribution in [2.75, 3.05) is 26.7 Å². The van der Waals surface area contributed by atoms with Gasteiger partial charge in [0.2, 0.25) is 0 Å². The van der Waals surface area contributed by atoms with E-state index in [0.717, 1.165) is 44.6 Å². The number of hydrogen-bond donors (Lipinski definition) is 1. The summed E-state index contributed by atoms with van der Waals surface area (Å²) in [6, 6.07) is 8.98. The fraction of sp³-hybridized carbons (Fsp3) is 0.562. The van der Waals surface area contributed by atoms with Crippen molar-refractivity contribution in [2.24, 2.45) is 5.73 Å². The molecule has 5 nitrogen and oxygen atoms in total. The van der Waals surface area contributed by atoms with E-state index in [4.69, 9.17) is 10.5 Å². The third-order valence-electron chi connectivity index (χ3n) is 4.74. The topological polar surface area (TPSA) is 58.8 Å². The highest BCUT2D eigenvalue weighted by molar-refractivity contribution is 5.72. The molecule has 2 aliphatic heterocycles. The molecule has 2 aliphatic rings. The number of carbonyl (C=O) groups is 1. The van der Waals surface area contributed by atoms with E-state index in [1.165, 1.54) is 5.56 Å². The van der Waals surface area contributed by atoms with Gasteiger partial charge in [0, 0.05) is 31.7 Å². The number of fused-ring (bicyclic) bond motifs is 1. The largest absolute Gasteiger partial charge is 0.497 e. The van der Waals surface area contributed by atoms with Crippen molar-refractivity contribution in [2.45, 2.75) is 31.3 Å². The van der Waals surface area contributed by atoms with Crippen molar-refractivity contribution < 1.29 is 9.53 Å². The second-order valence-electron chi connectivity index (χ2n) is 5.90. The van der Waals surface area contributed by atoms with Crippen molar-refractivity contribution in [1.29, 1.82) is 0 Å². The maximum atomic E-state index is 11.4. The Morgan fingerprint density at radius 2 is 2.00 bits per heavy atom. The van der Waals surface area contributed by atoms with Gasteiger partial charge in [-0.2, -0.15) is 0 Å². The molecule has 2 fully saturated rings. The Hall–Kier alpha value is -1.75. The first-order valence-corrected chi connectivity index (χ1v) is 7.63. The molecule has 0 saturated carbocycles. The lowest BCUT2D eigenvalue weighted by atomic mass is 9.90. The van der Waals surface area contributed by atoms with E-state index in [1.807, 2.05) is 12.1 Å². The van der Waals surface area contributed by atoms with Gasteiger partial charge in [-0.1, -0.05) is 12.1 Å². The maximum Gasteiger partial charge on any atom is 0.314 e. The molecule has 114 valence electrons. The molecule has 2 atom stereocenters. The first kappa shape index (κ1) is 14.2. The summed E-state index contributed by atoms with van der Waals surface area (Å²) in [6.07, 6.45) is 3.20. The van der Waals surface area contributed by atoms with Crippen LogP contribution in [0.1, 0.15) is 30.9 Å². The summed E-state index contributed by atoms with van der Waals surface area (Å²) in [7, 11) is 1.69. The van der Waals surface area contributed by atoms with E-state index in [-0.39, 0.29) is 6.03 Å². The zero-order valence-electron chi connectivity index (χ0n) is 12.5. The summed E-state index contributed by atoms with van der Waals surface area (Å²) in [5.41, 5.74) is 6.79. The van der Waals surface area contributed by atoms with E-state index in [0.29, 0.717) is 12.1 Å². The van der Waals surface area contributed by atoms with Gasteiger partial charge in [-0.15, -0.1) is 0 Å². The molecule has 3 rings (SSSR count). The summed E-state index contributed by atoms with van der Waals surface area (Å²) in [6.45, 7) is 2.64. The van der Waals surface area contributed by atoms with Crippen LogP contribution in [0.4, 0.5) is 4.79 Å². The van der Waals surface area contributed by atoms with Crippen LogP contribution in [-0.4, -0.2) is 48.6 Å². The lowest BCUT2D eigenvalue weighted by molar-refractivity contribution is 0.00677. The Bertz CT molecular complexity index is 503. The fourth-order valence-electron chi connectivity index (χ4n) is 3.44. The second-order valence-corrected chi connectivity index (χ2v) is 5.90. The molecule has 1 aromatic carbocycles. The van der Waals surface area contributed by atoms with E-state index in [2.05, 4.69) is 17.0 Å². The molecule has 0 spiro atoms. The SMILES string of the molecule is COc1ccc(C2CCCN(C(N)=O)CC3CCN32)cc1. The highest BCUT2D eigenvalue weighted by atomic mass is 16.5. The molecule has 0 aliphatic carbocycles. The minimum absolute atomic E-state index is 0.287. The van der Waals surface area contributed by atoms with Gasteiger partial charge in [0.05, 0.1) is 7.11 Å². The van der Waals surface area contributed by atoms with Crippen molar-refractivity contribution in [3.63, 3.8) is 0 Å². The molecule has 2 saturated heterocycles. The molecule has 2 amide bonds. The molecule has 2 heterocycles. The predicted octanol–water partition coefficient (Wildman–Crippen LogP) is 1.99. The number of methoxy groups -OCH3 is 1. The average Bonchev–Trinajstić information content (AvgIpc) is 2.46. The summed E-state index contributed by atoms with van der Waals surface area (Å²) < 4.78 is 5.23. The molecule has 21 heavy (non-hydrogen) atoms. The summed E-state index contributed by atoms with van der Waals surface area (Å²) in [5.74, 6) is 0.893. The summed E-state index contributed by atoms with van der Waals surface area (Å²) in [5, 5.41) is 0. The van der Waals surface area contributed by atoms with Gasteiger partial charge in [0.25, 0.3) is 0 Å². The molecule has 0 aromatic heterocycles. The zero-order valence-corrected chi connectivity index (χ0v) is 12.5.